The zero-order valence-electron chi connectivity index (χ0n) is 16.7. The number of tetrazole rings is 1. The summed E-state index contributed by atoms with van der Waals surface area (Å²) in [6, 6.07) is 19.0. The molecule has 0 unspecified atom stereocenters. The molecule has 0 fully saturated rings. The Morgan fingerprint density at radius 1 is 1.03 bits per heavy atom. The van der Waals surface area contributed by atoms with Crippen molar-refractivity contribution < 1.29 is 14.3 Å². The fourth-order valence-electron chi connectivity index (χ4n) is 2.78. The smallest absolute Gasteiger partial charge is 0.407 e. The molecule has 1 aromatic heterocycles. The highest BCUT2D eigenvalue weighted by Gasteiger charge is 2.15. The molecule has 1 heterocycles. The molecule has 30 heavy (non-hydrogen) atoms. The molecule has 0 spiro atoms. The van der Waals surface area contributed by atoms with E-state index in [0.717, 1.165) is 11.1 Å². The van der Waals surface area contributed by atoms with Crippen molar-refractivity contribution in [1.82, 2.24) is 25.5 Å². The fraction of sp³-hybridized carbons (Fsp3) is 0.333. The SMILES string of the molecule is N[C@H](COCc1ccccc1)c1nnnn1CCCNC(=O)OCc1ccccc1. The topological polar surface area (TPSA) is 117 Å². The largest absolute Gasteiger partial charge is 0.445 e. The Labute approximate surface area is 175 Å². The lowest BCUT2D eigenvalue weighted by Gasteiger charge is -2.12. The minimum Gasteiger partial charge on any atom is -0.445 e. The quantitative estimate of drug-likeness (QED) is 0.465. The van der Waals surface area contributed by atoms with Crippen LogP contribution in [0.25, 0.3) is 0 Å². The molecule has 3 aromatic rings. The van der Waals surface area contributed by atoms with Gasteiger partial charge in [-0.3, -0.25) is 0 Å². The first kappa shape index (κ1) is 21.4. The van der Waals surface area contributed by atoms with Crippen LogP contribution < -0.4 is 11.1 Å². The van der Waals surface area contributed by atoms with E-state index in [1.807, 2.05) is 60.7 Å². The van der Waals surface area contributed by atoms with Crippen LogP contribution in [0.5, 0.6) is 0 Å². The molecule has 3 rings (SSSR count). The van der Waals surface area contributed by atoms with E-state index in [1.54, 1.807) is 4.68 Å². The van der Waals surface area contributed by atoms with E-state index in [0.29, 0.717) is 38.5 Å². The van der Waals surface area contributed by atoms with Gasteiger partial charge in [0, 0.05) is 13.1 Å². The van der Waals surface area contributed by atoms with Crippen LogP contribution in [0.3, 0.4) is 0 Å². The Balaban J connectivity index is 1.34. The van der Waals surface area contributed by atoms with E-state index >= 15 is 0 Å². The maximum atomic E-state index is 11.8. The molecule has 1 amide bonds. The predicted octanol–water partition coefficient (Wildman–Crippen LogP) is 2.21. The van der Waals surface area contributed by atoms with Gasteiger partial charge >= 0.3 is 6.09 Å². The zero-order chi connectivity index (χ0) is 21.0. The number of carbonyl (C=O) groups excluding carboxylic acids is 1. The summed E-state index contributed by atoms with van der Waals surface area (Å²) < 4.78 is 12.5. The Kier molecular flexibility index (Phi) is 8.31. The van der Waals surface area contributed by atoms with E-state index in [2.05, 4.69) is 20.8 Å². The summed E-state index contributed by atoms with van der Waals surface area (Å²) in [5.74, 6) is 0.551. The van der Waals surface area contributed by atoms with E-state index in [1.165, 1.54) is 0 Å². The molecule has 2 aromatic carbocycles. The number of nitrogens with one attached hydrogen (secondary N) is 1. The molecular weight excluding hydrogens is 384 g/mol. The van der Waals surface area contributed by atoms with Crippen LogP contribution in [-0.4, -0.2) is 39.5 Å². The Morgan fingerprint density at radius 2 is 1.70 bits per heavy atom. The second-order valence-corrected chi connectivity index (χ2v) is 6.71. The van der Waals surface area contributed by atoms with Gasteiger partial charge in [0.15, 0.2) is 5.82 Å². The lowest BCUT2D eigenvalue weighted by Crippen LogP contribution is -2.27. The van der Waals surface area contributed by atoms with Crippen LogP contribution in [0, 0.1) is 0 Å². The number of aromatic nitrogens is 4. The average Bonchev–Trinajstić information content (AvgIpc) is 3.25. The lowest BCUT2D eigenvalue weighted by molar-refractivity contribution is 0.105. The molecule has 0 aliphatic carbocycles. The average molecular weight is 410 g/mol. The van der Waals surface area contributed by atoms with E-state index in [9.17, 15) is 4.79 Å². The van der Waals surface area contributed by atoms with Gasteiger partial charge in [-0.1, -0.05) is 60.7 Å². The van der Waals surface area contributed by atoms with Gasteiger partial charge < -0.3 is 20.5 Å². The van der Waals surface area contributed by atoms with Crippen molar-refractivity contribution in [3.63, 3.8) is 0 Å². The molecule has 0 radical (unpaired) electrons. The van der Waals surface area contributed by atoms with Crippen molar-refractivity contribution in [3.05, 3.63) is 77.6 Å². The highest BCUT2D eigenvalue weighted by molar-refractivity contribution is 5.67. The van der Waals surface area contributed by atoms with Crippen molar-refractivity contribution in [1.29, 1.82) is 0 Å². The Hall–Kier alpha value is -3.30. The Morgan fingerprint density at radius 3 is 2.40 bits per heavy atom. The third-order valence-corrected chi connectivity index (χ3v) is 4.33. The number of aryl methyl sites for hydroxylation is 1. The van der Waals surface area contributed by atoms with Crippen LogP contribution in [0.4, 0.5) is 4.79 Å². The number of carbonyl (C=O) groups is 1. The molecule has 9 heteroatoms. The second kappa shape index (κ2) is 11.6. The van der Waals surface area contributed by atoms with Crippen LogP contribution in [0.1, 0.15) is 29.4 Å². The van der Waals surface area contributed by atoms with Gasteiger partial charge in [0.05, 0.1) is 19.3 Å². The number of hydrogen-bond acceptors (Lipinski definition) is 7. The molecule has 1 atom stereocenters. The van der Waals surface area contributed by atoms with Gasteiger partial charge in [0.25, 0.3) is 0 Å². The van der Waals surface area contributed by atoms with Crippen molar-refractivity contribution in [2.75, 3.05) is 13.2 Å². The third-order valence-electron chi connectivity index (χ3n) is 4.33. The lowest BCUT2D eigenvalue weighted by atomic mass is 10.2. The van der Waals surface area contributed by atoms with Crippen LogP contribution >= 0.6 is 0 Å². The fourth-order valence-corrected chi connectivity index (χ4v) is 2.78. The minimum atomic E-state index is -0.457. The summed E-state index contributed by atoms with van der Waals surface area (Å²) >= 11 is 0. The van der Waals surface area contributed by atoms with Crippen molar-refractivity contribution in [3.8, 4) is 0 Å². The first-order chi connectivity index (χ1) is 14.7. The van der Waals surface area contributed by atoms with Gasteiger partial charge in [-0.25, -0.2) is 9.48 Å². The molecule has 0 saturated heterocycles. The number of rotatable bonds is 11. The normalized spacial score (nSPS) is 11.8. The molecule has 9 nitrogen and oxygen atoms in total. The molecule has 0 bridgehead atoms. The summed E-state index contributed by atoms with van der Waals surface area (Å²) in [5.41, 5.74) is 8.19. The van der Waals surface area contributed by atoms with Crippen LogP contribution in [0.15, 0.2) is 60.7 Å². The van der Waals surface area contributed by atoms with Crippen molar-refractivity contribution >= 4 is 6.09 Å². The maximum absolute atomic E-state index is 11.8. The molecule has 0 aliphatic heterocycles. The van der Waals surface area contributed by atoms with E-state index in [-0.39, 0.29) is 6.61 Å². The number of benzene rings is 2. The van der Waals surface area contributed by atoms with Crippen LogP contribution in [0.2, 0.25) is 0 Å². The summed E-state index contributed by atoms with van der Waals surface area (Å²) in [6.07, 6.45) is 0.178. The second-order valence-electron chi connectivity index (χ2n) is 6.71. The number of hydrogen-bond donors (Lipinski definition) is 2. The van der Waals surface area contributed by atoms with Crippen molar-refractivity contribution in [2.24, 2.45) is 5.73 Å². The Bertz CT molecular complexity index is 888. The summed E-state index contributed by atoms with van der Waals surface area (Å²) in [6.45, 7) is 1.98. The van der Waals surface area contributed by atoms with Gasteiger partial charge in [-0.05, 0) is 28.0 Å². The number of nitrogens with zero attached hydrogens (tertiary/aromatic N) is 4. The summed E-state index contributed by atoms with van der Waals surface area (Å²) in [7, 11) is 0. The van der Waals surface area contributed by atoms with Gasteiger partial charge in [-0.15, -0.1) is 5.10 Å². The highest BCUT2D eigenvalue weighted by atomic mass is 16.5. The van der Waals surface area contributed by atoms with Gasteiger partial charge in [-0.2, -0.15) is 0 Å². The third kappa shape index (κ3) is 6.94. The standard InChI is InChI=1S/C21H26N6O3/c22-19(16-29-14-17-8-3-1-4-9-17)20-24-25-26-27(20)13-7-12-23-21(28)30-15-18-10-5-2-6-11-18/h1-6,8-11,19H,7,12-16,22H2,(H,23,28)/t19-/m1/s1. The van der Waals surface area contributed by atoms with E-state index in [4.69, 9.17) is 15.2 Å². The van der Waals surface area contributed by atoms with Gasteiger partial charge in [0.2, 0.25) is 0 Å². The highest BCUT2D eigenvalue weighted by Crippen LogP contribution is 2.09. The zero-order valence-corrected chi connectivity index (χ0v) is 16.7. The first-order valence-corrected chi connectivity index (χ1v) is 9.80. The van der Waals surface area contributed by atoms with Crippen molar-refractivity contribution in [2.45, 2.75) is 32.2 Å². The molecule has 158 valence electrons. The van der Waals surface area contributed by atoms with Gasteiger partial charge in [0.1, 0.15) is 6.61 Å². The first-order valence-electron chi connectivity index (χ1n) is 9.80. The predicted molar refractivity (Wildman–Crippen MR) is 110 cm³/mol. The summed E-state index contributed by atoms with van der Waals surface area (Å²) in [4.78, 5) is 11.8. The monoisotopic (exact) mass is 410 g/mol. The number of nitrogens with two attached hydrogens (primary N) is 1. The molecule has 0 aliphatic rings. The van der Waals surface area contributed by atoms with Crippen LogP contribution in [-0.2, 0) is 29.2 Å². The van der Waals surface area contributed by atoms with E-state index < -0.39 is 12.1 Å². The minimum absolute atomic E-state index is 0.238. The molecular formula is C21H26N6O3. The number of amides is 1. The molecule has 0 saturated carbocycles. The number of ether oxygens (including phenoxy) is 2. The maximum Gasteiger partial charge on any atom is 0.407 e. The molecule has 3 N–H and O–H groups in total. The number of alkyl carbamates (subject to hydrolysis) is 1. The summed E-state index contributed by atoms with van der Waals surface area (Å²) in [5, 5.41) is 14.4.